The van der Waals surface area contributed by atoms with Gasteiger partial charge < -0.3 is 5.32 Å². The average molecular weight is 281 g/mol. The number of amides is 3. The summed E-state index contributed by atoms with van der Waals surface area (Å²) in [6, 6.07) is 14.4. The van der Waals surface area contributed by atoms with Crippen molar-refractivity contribution in [2.75, 3.05) is 0 Å². The molecule has 1 aliphatic heterocycles. The number of hydrogen-bond donors (Lipinski definition) is 1. The van der Waals surface area contributed by atoms with Crippen molar-refractivity contribution in [2.45, 2.75) is 19.0 Å². The van der Waals surface area contributed by atoms with Crippen molar-refractivity contribution >= 4 is 11.9 Å². The van der Waals surface area contributed by atoms with Crippen LogP contribution in [0.15, 0.2) is 54.7 Å². The van der Waals surface area contributed by atoms with Crippen molar-refractivity contribution in [3.63, 3.8) is 0 Å². The van der Waals surface area contributed by atoms with E-state index in [4.69, 9.17) is 0 Å². The second-order valence-electron chi connectivity index (χ2n) is 5.15. The summed E-state index contributed by atoms with van der Waals surface area (Å²) in [6.45, 7) is 1.94. The Bertz CT molecular complexity index is 672. The van der Waals surface area contributed by atoms with E-state index in [0.29, 0.717) is 5.69 Å². The Kier molecular flexibility index (Phi) is 3.17. The molecule has 1 N–H and O–H groups in total. The van der Waals surface area contributed by atoms with Crippen LogP contribution in [0.4, 0.5) is 4.79 Å². The van der Waals surface area contributed by atoms with Crippen molar-refractivity contribution in [2.24, 2.45) is 0 Å². The fraction of sp³-hybridized carbons (Fsp3) is 0.188. The second-order valence-corrected chi connectivity index (χ2v) is 5.15. The van der Waals surface area contributed by atoms with Crippen LogP contribution in [0.25, 0.3) is 0 Å². The summed E-state index contributed by atoms with van der Waals surface area (Å²) in [6.07, 6.45) is 1.61. The molecule has 3 rings (SSSR count). The predicted molar refractivity (Wildman–Crippen MR) is 77.1 cm³/mol. The van der Waals surface area contributed by atoms with Gasteiger partial charge in [-0.25, -0.2) is 4.79 Å². The minimum absolute atomic E-state index is 0.258. The van der Waals surface area contributed by atoms with Gasteiger partial charge in [-0.05, 0) is 24.6 Å². The predicted octanol–water partition coefficient (Wildman–Crippen LogP) is 2.05. The third kappa shape index (κ3) is 2.27. The van der Waals surface area contributed by atoms with Gasteiger partial charge in [-0.3, -0.25) is 14.7 Å². The monoisotopic (exact) mass is 281 g/mol. The van der Waals surface area contributed by atoms with Gasteiger partial charge in [0.25, 0.3) is 5.91 Å². The Labute approximate surface area is 122 Å². The molecule has 1 aromatic heterocycles. The van der Waals surface area contributed by atoms with Crippen LogP contribution in [-0.2, 0) is 16.9 Å². The molecule has 5 nitrogen and oxygen atoms in total. The fourth-order valence-electron chi connectivity index (χ4n) is 2.44. The molecule has 0 saturated carbocycles. The lowest BCUT2D eigenvalue weighted by Gasteiger charge is -2.20. The Morgan fingerprint density at radius 3 is 2.48 bits per heavy atom. The standard InChI is InChI=1S/C16H15N3O2/c1-16(13-9-5-6-10-17-13)14(20)19(15(21)18-16)11-12-7-3-2-4-8-12/h2-10H,11H2,1H3,(H,18,21). The van der Waals surface area contributed by atoms with Gasteiger partial charge in [0.2, 0.25) is 0 Å². The minimum atomic E-state index is -1.10. The molecule has 106 valence electrons. The number of carbonyl (C=O) groups excluding carboxylic acids is 2. The molecule has 1 aromatic carbocycles. The second kappa shape index (κ2) is 5.01. The van der Waals surface area contributed by atoms with Crippen LogP contribution in [0.1, 0.15) is 18.2 Å². The van der Waals surface area contributed by atoms with E-state index in [1.54, 1.807) is 31.3 Å². The molecule has 1 aliphatic rings. The van der Waals surface area contributed by atoms with Gasteiger partial charge in [-0.2, -0.15) is 0 Å². The van der Waals surface area contributed by atoms with Crippen molar-refractivity contribution < 1.29 is 9.59 Å². The third-order valence-electron chi connectivity index (χ3n) is 3.64. The van der Waals surface area contributed by atoms with Crippen molar-refractivity contribution in [3.05, 3.63) is 66.0 Å². The number of nitrogens with one attached hydrogen (secondary N) is 1. The normalized spacial score (nSPS) is 21.5. The van der Waals surface area contributed by atoms with Gasteiger partial charge in [0.15, 0.2) is 5.54 Å². The van der Waals surface area contributed by atoms with E-state index in [9.17, 15) is 9.59 Å². The summed E-state index contributed by atoms with van der Waals surface area (Å²) >= 11 is 0. The minimum Gasteiger partial charge on any atom is -0.318 e. The molecular weight excluding hydrogens is 266 g/mol. The van der Waals surface area contributed by atoms with Crippen molar-refractivity contribution in [1.29, 1.82) is 0 Å². The average Bonchev–Trinajstić information content (AvgIpc) is 2.74. The number of carbonyl (C=O) groups is 2. The molecule has 0 radical (unpaired) electrons. The van der Waals surface area contributed by atoms with Crippen molar-refractivity contribution in [3.8, 4) is 0 Å². The maximum atomic E-state index is 12.6. The van der Waals surface area contributed by atoms with Crippen molar-refractivity contribution in [1.82, 2.24) is 15.2 Å². The lowest BCUT2D eigenvalue weighted by Crippen LogP contribution is -2.41. The zero-order valence-corrected chi connectivity index (χ0v) is 11.6. The van der Waals surface area contributed by atoms with Gasteiger partial charge >= 0.3 is 6.03 Å². The number of benzene rings is 1. The zero-order chi connectivity index (χ0) is 14.9. The Hall–Kier alpha value is -2.69. The number of imide groups is 1. The van der Waals surface area contributed by atoms with E-state index in [-0.39, 0.29) is 12.5 Å². The number of nitrogens with zero attached hydrogens (tertiary/aromatic N) is 2. The smallest absolute Gasteiger partial charge is 0.318 e. The highest BCUT2D eigenvalue weighted by atomic mass is 16.2. The lowest BCUT2D eigenvalue weighted by atomic mass is 9.97. The summed E-state index contributed by atoms with van der Waals surface area (Å²) in [7, 11) is 0. The van der Waals surface area contributed by atoms with Crippen LogP contribution < -0.4 is 5.32 Å². The first-order chi connectivity index (χ1) is 10.1. The molecule has 1 unspecified atom stereocenters. The first-order valence-electron chi connectivity index (χ1n) is 6.71. The number of rotatable bonds is 3. The molecular formula is C16H15N3O2. The molecule has 2 aromatic rings. The van der Waals surface area contributed by atoms with Crippen LogP contribution >= 0.6 is 0 Å². The molecule has 5 heteroatoms. The molecule has 0 spiro atoms. The quantitative estimate of drug-likeness (QED) is 0.876. The summed E-state index contributed by atoms with van der Waals surface area (Å²) in [5, 5.41) is 2.74. The summed E-state index contributed by atoms with van der Waals surface area (Å²) < 4.78 is 0. The van der Waals surface area contributed by atoms with E-state index in [1.165, 1.54) is 4.90 Å². The highest BCUT2D eigenvalue weighted by molar-refractivity contribution is 6.06. The van der Waals surface area contributed by atoms with Crippen LogP contribution in [0.3, 0.4) is 0 Å². The molecule has 21 heavy (non-hydrogen) atoms. The molecule has 1 fully saturated rings. The highest BCUT2D eigenvalue weighted by Gasteiger charge is 2.49. The first-order valence-corrected chi connectivity index (χ1v) is 6.71. The van der Waals surface area contributed by atoms with Crippen LogP contribution in [0.5, 0.6) is 0 Å². The van der Waals surface area contributed by atoms with Crippen LogP contribution in [0.2, 0.25) is 0 Å². The number of hydrogen-bond acceptors (Lipinski definition) is 3. The largest absolute Gasteiger partial charge is 0.325 e. The zero-order valence-electron chi connectivity index (χ0n) is 11.6. The van der Waals surface area contributed by atoms with Gasteiger partial charge in [-0.1, -0.05) is 36.4 Å². The summed E-state index contributed by atoms with van der Waals surface area (Å²) in [5.41, 5.74) is 0.345. The van der Waals surface area contributed by atoms with Gasteiger partial charge in [0, 0.05) is 6.20 Å². The lowest BCUT2D eigenvalue weighted by molar-refractivity contribution is -0.131. The Morgan fingerprint density at radius 2 is 1.81 bits per heavy atom. The van der Waals surface area contributed by atoms with E-state index in [0.717, 1.165) is 5.56 Å². The maximum Gasteiger partial charge on any atom is 0.325 e. The topological polar surface area (TPSA) is 62.3 Å². The Balaban J connectivity index is 1.89. The third-order valence-corrected chi connectivity index (χ3v) is 3.64. The number of pyridine rings is 1. The van der Waals surface area contributed by atoms with Crippen LogP contribution in [0, 0.1) is 0 Å². The van der Waals surface area contributed by atoms with Crippen LogP contribution in [-0.4, -0.2) is 21.8 Å². The molecule has 0 aliphatic carbocycles. The van der Waals surface area contributed by atoms with E-state index >= 15 is 0 Å². The summed E-state index contributed by atoms with van der Waals surface area (Å²) in [5.74, 6) is -0.282. The molecule has 3 amide bonds. The first kappa shape index (κ1) is 13.3. The van der Waals surface area contributed by atoms with E-state index < -0.39 is 11.6 Å². The van der Waals surface area contributed by atoms with Gasteiger partial charge in [0.1, 0.15) is 0 Å². The number of urea groups is 1. The van der Waals surface area contributed by atoms with E-state index in [1.807, 2.05) is 30.3 Å². The fourth-order valence-corrected chi connectivity index (χ4v) is 2.44. The SMILES string of the molecule is CC1(c2ccccn2)NC(=O)N(Cc2ccccc2)C1=O. The molecule has 0 bridgehead atoms. The van der Waals surface area contributed by atoms with Gasteiger partial charge in [0.05, 0.1) is 12.2 Å². The molecule has 1 saturated heterocycles. The maximum absolute atomic E-state index is 12.6. The summed E-state index contributed by atoms with van der Waals surface area (Å²) in [4.78, 5) is 30.2. The molecule has 1 atom stereocenters. The number of aromatic nitrogens is 1. The van der Waals surface area contributed by atoms with E-state index in [2.05, 4.69) is 10.3 Å². The highest BCUT2D eigenvalue weighted by Crippen LogP contribution is 2.28. The molecule has 2 heterocycles. The Morgan fingerprint density at radius 1 is 1.10 bits per heavy atom. The van der Waals surface area contributed by atoms with Gasteiger partial charge in [-0.15, -0.1) is 0 Å².